The highest BCUT2D eigenvalue weighted by Crippen LogP contribution is 2.27. The fraction of sp³-hybridized carbons (Fsp3) is 0.375. The Morgan fingerprint density at radius 1 is 1.25 bits per heavy atom. The molecule has 1 atom stereocenters. The maximum Gasteiger partial charge on any atom is 0.224 e. The Labute approximate surface area is 119 Å². The molecule has 104 valence electrons. The lowest BCUT2D eigenvalue weighted by atomic mass is 9.95. The Bertz CT molecular complexity index is 597. The number of nitrogens with one attached hydrogen (secondary N) is 1. The van der Waals surface area contributed by atoms with Gasteiger partial charge in [-0.3, -0.25) is 0 Å². The standard InChI is InChI=1S/C16H20N4/c1-3-17-16-18-9-8-15(19-16)20-11-14-7-5-4-6-13(14)10-12(20)2/h4-9,12H,3,10-11H2,1-2H3,(H,17,18,19)/t12-/m0/s1. The third-order valence-electron chi connectivity index (χ3n) is 3.78. The van der Waals surface area contributed by atoms with Crippen molar-refractivity contribution in [2.24, 2.45) is 0 Å². The van der Waals surface area contributed by atoms with Crippen molar-refractivity contribution in [3.63, 3.8) is 0 Å². The van der Waals surface area contributed by atoms with E-state index in [0.717, 1.165) is 25.3 Å². The SMILES string of the molecule is CCNc1nccc(N2Cc3ccccc3C[C@@H]2C)n1. The van der Waals surface area contributed by atoms with Crippen molar-refractivity contribution in [1.82, 2.24) is 9.97 Å². The minimum absolute atomic E-state index is 0.453. The van der Waals surface area contributed by atoms with Crippen molar-refractivity contribution in [3.05, 3.63) is 47.7 Å². The summed E-state index contributed by atoms with van der Waals surface area (Å²) in [5.74, 6) is 1.70. The van der Waals surface area contributed by atoms with Gasteiger partial charge in [-0.2, -0.15) is 4.98 Å². The van der Waals surface area contributed by atoms with Gasteiger partial charge in [0.05, 0.1) is 0 Å². The average molecular weight is 268 g/mol. The van der Waals surface area contributed by atoms with Crippen LogP contribution in [0.3, 0.4) is 0 Å². The number of hydrogen-bond donors (Lipinski definition) is 1. The molecule has 1 aliphatic rings. The van der Waals surface area contributed by atoms with Crippen LogP contribution in [0, 0.1) is 0 Å². The second kappa shape index (κ2) is 5.49. The van der Waals surface area contributed by atoms with E-state index in [9.17, 15) is 0 Å². The predicted molar refractivity (Wildman–Crippen MR) is 82.0 cm³/mol. The molecule has 1 aromatic heterocycles. The lowest BCUT2D eigenvalue weighted by molar-refractivity contribution is 0.586. The van der Waals surface area contributed by atoms with Gasteiger partial charge in [0, 0.05) is 25.3 Å². The van der Waals surface area contributed by atoms with E-state index in [-0.39, 0.29) is 0 Å². The van der Waals surface area contributed by atoms with Gasteiger partial charge in [0.15, 0.2) is 0 Å². The van der Waals surface area contributed by atoms with E-state index in [1.807, 2.05) is 12.3 Å². The Morgan fingerprint density at radius 2 is 2.05 bits per heavy atom. The Balaban J connectivity index is 1.89. The highest BCUT2D eigenvalue weighted by molar-refractivity contribution is 5.47. The van der Waals surface area contributed by atoms with Gasteiger partial charge in [0.2, 0.25) is 5.95 Å². The molecule has 20 heavy (non-hydrogen) atoms. The van der Waals surface area contributed by atoms with E-state index in [1.54, 1.807) is 0 Å². The predicted octanol–water partition coefficient (Wildman–Crippen LogP) is 2.86. The third kappa shape index (κ3) is 2.46. The minimum Gasteiger partial charge on any atom is -0.354 e. The van der Waals surface area contributed by atoms with Gasteiger partial charge in [-0.25, -0.2) is 4.98 Å². The van der Waals surface area contributed by atoms with Crippen molar-refractivity contribution >= 4 is 11.8 Å². The number of aromatic nitrogens is 2. The molecule has 0 spiro atoms. The molecular weight excluding hydrogens is 248 g/mol. The molecular formula is C16H20N4. The smallest absolute Gasteiger partial charge is 0.224 e. The topological polar surface area (TPSA) is 41.1 Å². The van der Waals surface area contributed by atoms with Crippen LogP contribution >= 0.6 is 0 Å². The fourth-order valence-electron chi connectivity index (χ4n) is 2.74. The number of fused-ring (bicyclic) bond motifs is 1. The molecule has 1 N–H and O–H groups in total. The van der Waals surface area contributed by atoms with E-state index >= 15 is 0 Å². The molecule has 2 aromatic rings. The fourth-order valence-corrected chi connectivity index (χ4v) is 2.74. The summed E-state index contributed by atoms with van der Waals surface area (Å²) in [6, 6.07) is 11.1. The lowest BCUT2D eigenvalue weighted by Crippen LogP contribution is -2.39. The first-order valence-electron chi connectivity index (χ1n) is 7.18. The molecule has 0 aliphatic carbocycles. The number of nitrogens with zero attached hydrogens (tertiary/aromatic N) is 3. The highest BCUT2D eigenvalue weighted by Gasteiger charge is 2.23. The van der Waals surface area contributed by atoms with Crippen molar-refractivity contribution < 1.29 is 0 Å². The van der Waals surface area contributed by atoms with Crippen LogP contribution < -0.4 is 10.2 Å². The molecule has 0 fully saturated rings. The zero-order valence-corrected chi connectivity index (χ0v) is 12.0. The molecule has 0 bridgehead atoms. The summed E-state index contributed by atoms with van der Waals surface area (Å²) in [7, 11) is 0. The molecule has 0 saturated carbocycles. The van der Waals surface area contributed by atoms with Crippen molar-refractivity contribution in [3.8, 4) is 0 Å². The zero-order chi connectivity index (χ0) is 13.9. The van der Waals surface area contributed by atoms with Crippen LogP contribution in [-0.2, 0) is 13.0 Å². The zero-order valence-electron chi connectivity index (χ0n) is 12.0. The monoisotopic (exact) mass is 268 g/mol. The van der Waals surface area contributed by atoms with Crippen LogP contribution in [0.15, 0.2) is 36.5 Å². The van der Waals surface area contributed by atoms with Crippen LogP contribution in [0.25, 0.3) is 0 Å². The van der Waals surface area contributed by atoms with Gasteiger partial charge >= 0.3 is 0 Å². The number of benzene rings is 1. The van der Waals surface area contributed by atoms with Crippen molar-refractivity contribution in [1.29, 1.82) is 0 Å². The first kappa shape index (κ1) is 12.9. The second-order valence-electron chi connectivity index (χ2n) is 5.22. The molecule has 0 amide bonds. The summed E-state index contributed by atoms with van der Waals surface area (Å²) in [6.07, 6.45) is 2.89. The molecule has 4 heteroatoms. The number of rotatable bonds is 3. The molecule has 1 aliphatic heterocycles. The molecule has 0 unspecified atom stereocenters. The normalized spacial score (nSPS) is 17.7. The summed E-state index contributed by atoms with van der Waals surface area (Å²) in [6.45, 7) is 6.06. The van der Waals surface area contributed by atoms with Crippen LogP contribution in [-0.4, -0.2) is 22.6 Å². The molecule has 2 heterocycles. The first-order chi connectivity index (χ1) is 9.78. The first-order valence-corrected chi connectivity index (χ1v) is 7.18. The van der Waals surface area contributed by atoms with Crippen LogP contribution in [0.5, 0.6) is 0 Å². The maximum atomic E-state index is 4.61. The summed E-state index contributed by atoms with van der Waals surface area (Å²) in [5.41, 5.74) is 2.85. The van der Waals surface area contributed by atoms with Crippen molar-refractivity contribution in [2.45, 2.75) is 32.9 Å². The Morgan fingerprint density at radius 3 is 2.85 bits per heavy atom. The summed E-state index contributed by atoms with van der Waals surface area (Å²) >= 11 is 0. The van der Waals surface area contributed by atoms with Crippen LogP contribution in [0.2, 0.25) is 0 Å². The maximum absolute atomic E-state index is 4.61. The van der Waals surface area contributed by atoms with Gasteiger partial charge in [-0.15, -0.1) is 0 Å². The molecule has 0 saturated heterocycles. The molecule has 3 rings (SSSR count). The van der Waals surface area contributed by atoms with Crippen molar-refractivity contribution in [2.75, 3.05) is 16.8 Å². The van der Waals surface area contributed by atoms with E-state index in [1.165, 1.54) is 11.1 Å². The van der Waals surface area contributed by atoms with Gasteiger partial charge in [0.25, 0.3) is 0 Å². The van der Waals surface area contributed by atoms with Gasteiger partial charge in [0.1, 0.15) is 5.82 Å². The Kier molecular flexibility index (Phi) is 3.54. The van der Waals surface area contributed by atoms with Crippen LogP contribution in [0.4, 0.5) is 11.8 Å². The molecule has 0 radical (unpaired) electrons. The quantitative estimate of drug-likeness (QED) is 0.929. The average Bonchev–Trinajstić information content (AvgIpc) is 2.47. The van der Waals surface area contributed by atoms with E-state index in [2.05, 4.69) is 58.3 Å². The lowest BCUT2D eigenvalue weighted by Gasteiger charge is -2.35. The second-order valence-corrected chi connectivity index (χ2v) is 5.22. The summed E-state index contributed by atoms with van der Waals surface area (Å²) in [5, 5.41) is 3.17. The molecule has 4 nitrogen and oxygen atoms in total. The Hall–Kier alpha value is -2.10. The largest absolute Gasteiger partial charge is 0.354 e. The summed E-state index contributed by atoms with van der Waals surface area (Å²) < 4.78 is 0. The van der Waals surface area contributed by atoms with Crippen LogP contribution in [0.1, 0.15) is 25.0 Å². The minimum atomic E-state index is 0.453. The molecule has 1 aromatic carbocycles. The van der Waals surface area contributed by atoms with E-state index in [0.29, 0.717) is 12.0 Å². The van der Waals surface area contributed by atoms with Gasteiger partial charge < -0.3 is 10.2 Å². The number of hydrogen-bond acceptors (Lipinski definition) is 4. The number of anilines is 2. The third-order valence-corrected chi connectivity index (χ3v) is 3.78. The van der Waals surface area contributed by atoms with Gasteiger partial charge in [-0.1, -0.05) is 24.3 Å². The highest BCUT2D eigenvalue weighted by atomic mass is 15.2. The summed E-state index contributed by atoms with van der Waals surface area (Å²) in [4.78, 5) is 11.2. The van der Waals surface area contributed by atoms with E-state index in [4.69, 9.17) is 0 Å². The van der Waals surface area contributed by atoms with Gasteiger partial charge in [-0.05, 0) is 37.5 Å². The van der Waals surface area contributed by atoms with E-state index < -0.39 is 0 Å².